The largest absolute Gasteiger partial charge is 0.316 e. The summed E-state index contributed by atoms with van der Waals surface area (Å²) in [7, 11) is 0. The molecule has 18 heavy (non-hydrogen) atoms. The maximum absolute atomic E-state index is 8.37. The molecule has 1 heterocycles. The molecule has 1 rings (SSSR count). The number of nitrogens with one attached hydrogen (secondary N) is 1. The molecule has 0 saturated carbocycles. The minimum absolute atomic E-state index is 0.219. The van der Waals surface area contributed by atoms with Gasteiger partial charge in [-0.1, -0.05) is 5.11 Å². The zero-order valence-corrected chi connectivity index (χ0v) is 11.0. The molecule has 1 aliphatic heterocycles. The second-order valence-corrected chi connectivity index (χ2v) is 4.69. The summed E-state index contributed by atoms with van der Waals surface area (Å²) in [5.41, 5.74) is 8.37. The first kappa shape index (κ1) is 14.8. The first-order valence-corrected chi connectivity index (χ1v) is 6.77. The highest BCUT2D eigenvalue weighted by Gasteiger charge is 2.17. The highest BCUT2D eigenvalue weighted by atomic mass is 15.2. The summed E-state index contributed by atoms with van der Waals surface area (Å²) in [6.45, 7) is 5.26. The Bertz CT molecular complexity index is 295. The summed E-state index contributed by atoms with van der Waals surface area (Å²) < 4.78 is 0. The fourth-order valence-electron chi connectivity index (χ4n) is 2.20. The van der Waals surface area contributed by atoms with Gasteiger partial charge in [0.05, 0.1) is 0 Å². The number of piperidine rings is 1. The molecule has 0 aromatic rings. The number of terminal acetylenes is 1. The van der Waals surface area contributed by atoms with Crippen LogP contribution in [-0.2, 0) is 0 Å². The van der Waals surface area contributed by atoms with E-state index in [1.165, 1.54) is 12.8 Å². The molecule has 0 atom stereocenters. The van der Waals surface area contributed by atoms with E-state index in [0.29, 0.717) is 0 Å². The molecule has 0 aromatic carbocycles. The van der Waals surface area contributed by atoms with Gasteiger partial charge in [-0.05, 0) is 57.4 Å². The normalized spacial score (nSPS) is 17.1. The second kappa shape index (κ2) is 9.78. The van der Waals surface area contributed by atoms with Crippen LogP contribution in [0.1, 0.15) is 32.1 Å². The molecule has 5 heteroatoms. The van der Waals surface area contributed by atoms with E-state index in [4.69, 9.17) is 12.0 Å². The molecule has 0 unspecified atom stereocenters. The van der Waals surface area contributed by atoms with E-state index in [1.807, 2.05) is 0 Å². The number of unbranched alkanes of at least 4 members (excludes halogenated alkanes) is 1. The molecular weight excluding hydrogens is 226 g/mol. The average molecular weight is 249 g/mol. The average Bonchev–Trinajstić information content (AvgIpc) is 2.40. The molecule has 1 saturated heterocycles. The van der Waals surface area contributed by atoms with Crippen molar-refractivity contribution >= 4 is 0 Å². The van der Waals surface area contributed by atoms with Crippen LogP contribution in [0.5, 0.6) is 0 Å². The van der Waals surface area contributed by atoms with Gasteiger partial charge >= 0.3 is 0 Å². The van der Waals surface area contributed by atoms with Crippen molar-refractivity contribution in [1.82, 2.24) is 10.2 Å². The van der Waals surface area contributed by atoms with Crippen LogP contribution < -0.4 is 5.32 Å². The van der Waals surface area contributed by atoms with Gasteiger partial charge in [-0.3, -0.25) is 0 Å². The third-order valence-corrected chi connectivity index (χ3v) is 3.30. The second-order valence-electron chi connectivity index (χ2n) is 4.69. The predicted octanol–water partition coefficient (Wildman–Crippen LogP) is 2.15. The lowest BCUT2D eigenvalue weighted by atomic mass is 10.1. The molecule has 0 bridgehead atoms. The van der Waals surface area contributed by atoms with Gasteiger partial charge in [-0.15, -0.1) is 12.3 Å². The maximum atomic E-state index is 8.37. The van der Waals surface area contributed by atoms with E-state index in [2.05, 4.69) is 26.2 Å². The Morgan fingerprint density at radius 2 is 2.11 bits per heavy atom. The molecule has 1 fully saturated rings. The number of hydrogen-bond acceptors (Lipinski definition) is 3. The Morgan fingerprint density at radius 1 is 1.33 bits per heavy atom. The lowest BCUT2D eigenvalue weighted by molar-refractivity contribution is 0.209. The van der Waals surface area contributed by atoms with Gasteiger partial charge < -0.3 is 10.2 Å². The highest BCUT2D eigenvalue weighted by Crippen LogP contribution is 2.13. The van der Waals surface area contributed by atoms with Crippen molar-refractivity contribution in [2.75, 3.05) is 32.7 Å². The monoisotopic (exact) mass is 249 g/mol. The molecule has 0 spiro atoms. The Balaban J connectivity index is 1.95. The van der Waals surface area contributed by atoms with Gasteiger partial charge in [0.25, 0.3) is 0 Å². The van der Waals surface area contributed by atoms with Gasteiger partial charge in [-0.2, -0.15) is 0 Å². The van der Waals surface area contributed by atoms with Gasteiger partial charge in [0, 0.05) is 23.9 Å². The SMILES string of the molecule is C#CCCNCCCCN1CCC(N=[N+]=[N-])CC1. The van der Waals surface area contributed by atoms with Crippen molar-refractivity contribution < 1.29 is 0 Å². The lowest BCUT2D eigenvalue weighted by Gasteiger charge is -2.29. The number of azide groups is 1. The molecule has 0 aliphatic carbocycles. The Kier molecular flexibility index (Phi) is 8.07. The lowest BCUT2D eigenvalue weighted by Crippen LogP contribution is -2.35. The number of rotatable bonds is 8. The molecular formula is C13H23N5. The Morgan fingerprint density at radius 3 is 2.78 bits per heavy atom. The minimum atomic E-state index is 0.219. The molecule has 5 nitrogen and oxygen atoms in total. The first-order valence-electron chi connectivity index (χ1n) is 6.77. The third kappa shape index (κ3) is 6.51. The van der Waals surface area contributed by atoms with Gasteiger partial charge in [0.1, 0.15) is 0 Å². The van der Waals surface area contributed by atoms with E-state index in [-0.39, 0.29) is 6.04 Å². The fraction of sp³-hybridized carbons (Fsp3) is 0.846. The van der Waals surface area contributed by atoms with Crippen LogP contribution in [-0.4, -0.2) is 43.7 Å². The number of hydrogen-bond donors (Lipinski definition) is 1. The molecule has 0 amide bonds. The number of nitrogens with zero attached hydrogens (tertiary/aromatic N) is 4. The van der Waals surface area contributed by atoms with Crippen molar-refractivity contribution in [3.63, 3.8) is 0 Å². The van der Waals surface area contributed by atoms with Gasteiger partial charge in [0.2, 0.25) is 0 Å². The van der Waals surface area contributed by atoms with E-state index >= 15 is 0 Å². The summed E-state index contributed by atoms with van der Waals surface area (Å²) in [6.07, 6.45) is 10.4. The summed E-state index contributed by atoms with van der Waals surface area (Å²) in [5.74, 6) is 2.62. The molecule has 100 valence electrons. The molecule has 0 aromatic heterocycles. The van der Waals surface area contributed by atoms with Crippen LogP contribution in [0.3, 0.4) is 0 Å². The standard InChI is InChI=1S/C13H23N5/c1-2-3-8-15-9-4-5-10-18-11-6-13(7-12-18)16-17-14/h1,13,15H,3-12H2. The number of likely N-dealkylation sites (tertiary alicyclic amines) is 1. The van der Waals surface area contributed by atoms with E-state index in [1.54, 1.807) is 0 Å². The quantitative estimate of drug-likeness (QED) is 0.235. The fourth-order valence-corrected chi connectivity index (χ4v) is 2.20. The van der Waals surface area contributed by atoms with Crippen molar-refractivity contribution in [1.29, 1.82) is 0 Å². The summed E-state index contributed by atoms with van der Waals surface area (Å²) in [4.78, 5) is 5.34. The predicted molar refractivity (Wildman–Crippen MR) is 74.2 cm³/mol. The molecule has 1 aliphatic rings. The molecule has 0 radical (unpaired) electrons. The maximum Gasteiger partial charge on any atom is 0.0398 e. The highest BCUT2D eigenvalue weighted by molar-refractivity contribution is 4.84. The minimum Gasteiger partial charge on any atom is -0.316 e. The summed E-state index contributed by atoms with van der Waals surface area (Å²) >= 11 is 0. The van der Waals surface area contributed by atoms with Gasteiger partial charge in [-0.25, -0.2) is 0 Å². The summed E-state index contributed by atoms with van der Waals surface area (Å²) in [5, 5.41) is 7.12. The van der Waals surface area contributed by atoms with Gasteiger partial charge in [0.15, 0.2) is 0 Å². The Hall–Kier alpha value is -1.21. The molecule has 1 N–H and O–H groups in total. The van der Waals surface area contributed by atoms with Crippen molar-refractivity contribution in [2.24, 2.45) is 5.11 Å². The van der Waals surface area contributed by atoms with Crippen LogP contribution in [0.2, 0.25) is 0 Å². The Labute approximate surface area is 110 Å². The van der Waals surface area contributed by atoms with Crippen LogP contribution >= 0.6 is 0 Å². The smallest absolute Gasteiger partial charge is 0.0398 e. The topological polar surface area (TPSA) is 64.0 Å². The van der Waals surface area contributed by atoms with Crippen LogP contribution in [0.4, 0.5) is 0 Å². The van der Waals surface area contributed by atoms with Crippen LogP contribution in [0, 0.1) is 12.3 Å². The van der Waals surface area contributed by atoms with E-state index < -0.39 is 0 Å². The zero-order chi connectivity index (χ0) is 13.1. The van der Waals surface area contributed by atoms with Crippen molar-refractivity contribution in [3.05, 3.63) is 10.4 Å². The van der Waals surface area contributed by atoms with Crippen LogP contribution in [0.25, 0.3) is 10.4 Å². The van der Waals surface area contributed by atoms with E-state index in [9.17, 15) is 0 Å². The first-order chi connectivity index (χ1) is 8.86. The summed E-state index contributed by atoms with van der Waals surface area (Å²) in [6, 6.07) is 0.219. The van der Waals surface area contributed by atoms with Crippen molar-refractivity contribution in [3.8, 4) is 12.3 Å². The van der Waals surface area contributed by atoms with Crippen LogP contribution in [0.15, 0.2) is 5.11 Å². The third-order valence-electron chi connectivity index (χ3n) is 3.30. The van der Waals surface area contributed by atoms with Crippen molar-refractivity contribution in [2.45, 2.75) is 38.1 Å². The zero-order valence-electron chi connectivity index (χ0n) is 11.0. The van der Waals surface area contributed by atoms with E-state index in [0.717, 1.165) is 52.0 Å².